The lowest BCUT2D eigenvalue weighted by atomic mass is 9.99. The van der Waals surface area contributed by atoms with Crippen molar-refractivity contribution < 1.29 is 42.9 Å². The van der Waals surface area contributed by atoms with Crippen molar-refractivity contribution in [2.24, 2.45) is 0 Å². The normalized spacial score (nSPS) is 24.7. The van der Waals surface area contributed by atoms with Crippen LogP contribution in [0.1, 0.15) is 27.7 Å². The monoisotopic (exact) mass is 480 g/mol. The molecule has 11 nitrogen and oxygen atoms in total. The predicted octanol–water partition coefficient (Wildman–Crippen LogP) is 1.74. The average Bonchev–Trinajstić information content (AvgIpc) is 3.12. The Kier molecular flexibility index (Phi) is 7.92. The minimum Gasteiger partial charge on any atom is -0.463 e. The minimum atomic E-state index is -1.22. The Labute approximate surface area is 193 Å². The number of H-pyrrole nitrogens is 1. The summed E-state index contributed by atoms with van der Waals surface area (Å²) in [4.78, 5) is 54.5. The van der Waals surface area contributed by atoms with E-state index in [9.17, 15) is 19.2 Å². The van der Waals surface area contributed by atoms with Crippen LogP contribution in [0.4, 0.5) is 0 Å². The Balaban J connectivity index is 1.98. The number of hydrogen-bond acceptors (Lipinski definition) is 11. The number of fused-ring (bicyclic) bond motifs is 1. The summed E-state index contributed by atoms with van der Waals surface area (Å²) in [6.07, 6.45) is -4.56. The van der Waals surface area contributed by atoms with Gasteiger partial charge in [0, 0.05) is 27.7 Å². The molecule has 33 heavy (non-hydrogen) atoms. The summed E-state index contributed by atoms with van der Waals surface area (Å²) in [5.41, 5.74) is 0.558. The topological polar surface area (TPSA) is 143 Å². The predicted molar refractivity (Wildman–Crippen MR) is 114 cm³/mol. The molecule has 5 atom stereocenters. The van der Waals surface area contributed by atoms with Crippen LogP contribution < -0.4 is 0 Å². The number of imidazole rings is 1. The maximum atomic E-state index is 11.9. The first-order valence-corrected chi connectivity index (χ1v) is 10.9. The van der Waals surface area contributed by atoms with E-state index in [1.165, 1.54) is 27.7 Å². The van der Waals surface area contributed by atoms with E-state index in [4.69, 9.17) is 23.7 Å². The summed E-state index contributed by atoms with van der Waals surface area (Å²) >= 11 is 1.09. The highest BCUT2D eigenvalue weighted by atomic mass is 32.2. The van der Waals surface area contributed by atoms with Crippen molar-refractivity contribution in [1.82, 2.24) is 9.97 Å². The number of esters is 4. The number of aromatic nitrogens is 2. The molecule has 178 valence electrons. The lowest BCUT2D eigenvalue weighted by Gasteiger charge is -2.43. The number of nitrogens with one attached hydrogen (secondary N) is 1. The summed E-state index contributed by atoms with van der Waals surface area (Å²) < 4.78 is 27.4. The van der Waals surface area contributed by atoms with Gasteiger partial charge in [0.15, 0.2) is 28.9 Å². The van der Waals surface area contributed by atoms with Gasteiger partial charge in [-0.25, -0.2) is 4.98 Å². The second-order valence-electron chi connectivity index (χ2n) is 7.24. The summed E-state index contributed by atoms with van der Waals surface area (Å²) in [6, 6.07) is 7.36. The second kappa shape index (κ2) is 10.7. The number of benzene rings is 1. The van der Waals surface area contributed by atoms with Crippen LogP contribution in [0.2, 0.25) is 0 Å². The first-order chi connectivity index (χ1) is 15.6. The third-order valence-corrected chi connectivity index (χ3v) is 5.57. The average molecular weight is 480 g/mol. The van der Waals surface area contributed by atoms with Crippen LogP contribution >= 0.6 is 11.8 Å². The molecule has 0 aliphatic carbocycles. The maximum Gasteiger partial charge on any atom is 0.303 e. The van der Waals surface area contributed by atoms with Crippen LogP contribution in [0.3, 0.4) is 0 Å². The number of thioether (sulfide) groups is 1. The molecule has 1 N–H and O–H groups in total. The van der Waals surface area contributed by atoms with Gasteiger partial charge in [-0.15, -0.1) is 0 Å². The van der Waals surface area contributed by atoms with Gasteiger partial charge in [-0.1, -0.05) is 23.9 Å². The van der Waals surface area contributed by atoms with Gasteiger partial charge in [0.05, 0.1) is 11.0 Å². The molecule has 0 spiro atoms. The van der Waals surface area contributed by atoms with Crippen molar-refractivity contribution >= 4 is 46.7 Å². The van der Waals surface area contributed by atoms with E-state index in [-0.39, 0.29) is 6.61 Å². The number of ether oxygens (including phenoxy) is 5. The summed E-state index contributed by atoms with van der Waals surface area (Å²) in [5.74, 6) is -2.60. The molecule has 2 heterocycles. The minimum absolute atomic E-state index is 0.283. The molecule has 2 aromatic rings. The molecular formula is C21H24N2O9S. The van der Waals surface area contributed by atoms with Crippen molar-refractivity contribution in [2.75, 3.05) is 6.61 Å². The molecular weight excluding hydrogens is 456 g/mol. The lowest BCUT2D eigenvalue weighted by molar-refractivity contribution is -0.237. The number of hydrogen-bond donors (Lipinski definition) is 1. The van der Waals surface area contributed by atoms with E-state index >= 15 is 0 Å². The summed E-state index contributed by atoms with van der Waals surface area (Å²) in [7, 11) is 0. The van der Waals surface area contributed by atoms with Gasteiger partial charge >= 0.3 is 23.9 Å². The van der Waals surface area contributed by atoms with Crippen molar-refractivity contribution in [3.05, 3.63) is 24.3 Å². The van der Waals surface area contributed by atoms with Gasteiger partial charge in [0.25, 0.3) is 0 Å². The van der Waals surface area contributed by atoms with E-state index in [0.717, 1.165) is 17.3 Å². The Hall–Kier alpha value is -3.12. The fourth-order valence-electron chi connectivity index (χ4n) is 3.38. The largest absolute Gasteiger partial charge is 0.463 e. The molecule has 0 amide bonds. The third-order valence-electron chi connectivity index (χ3n) is 4.54. The molecule has 1 aliphatic rings. The van der Waals surface area contributed by atoms with Gasteiger partial charge in [0.2, 0.25) is 0 Å². The lowest BCUT2D eigenvalue weighted by Crippen LogP contribution is -2.61. The zero-order valence-corrected chi connectivity index (χ0v) is 19.2. The molecule has 0 radical (unpaired) electrons. The van der Waals surface area contributed by atoms with Crippen LogP contribution in [0.15, 0.2) is 29.4 Å². The van der Waals surface area contributed by atoms with Gasteiger partial charge in [-0.05, 0) is 12.1 Å². The molecule has 0 unspecified atom stereocenters. The van der Waals surface area contributed by atoms with Crippen molar-refractivity contribution in [1.29, 1.82) is 0 Å². The number of rotatable bonds is 7. The molecule has 1 aromatic carbocycles. The van der Waals surface area contributed by atoms with E-state index in [2.05, 4.69) is 9.97 Å². The van der Waals surface area contributed by atoms with Gasteiger partial charge in [0.1, 0.15) is 12.7 Å². The van der Waals surface area contributed by atoms with Crippen LogP contribution in [0.5, 0.6) is 0 Å². The Bertz CT molecular complexity index is 1010. The first-order valence-electron chi connectivity index (χ1n) is 10.1. The summed E-state index contributed by atoms with van der Waals surface area (Å²) in [6.45, 7) is 4.47. The number of para-hydroxylation sites is 2. The molecule has 0 saturated carbocycles. The highest BCUT2D eigenvalue weighted by Crippen LogP contribution is 2.37. The quantitative estimate of drug-likeness (QED) is 0.457. The van der Waals surface area contributed by atoms with E-state index in [0.29, 0.717) is 10.7 Å². The van der Waals surface area contributed by atoms with Crippen molar-refractivity contribution in [3.63, 3.8) is 0 Å². The van der Waals surface area contributed by atoms with Gasteiger partial charge < -0.3 is 28.7 Å². The molecule has 1 aliphatic heterocycles. The van der Waals surface area contributed by atoms with E-state index in [1.807, 2.05) is 24.3 Å². The first kappa shape index (κ1) is 24.5. The van der Waals surface area contributed by atoms with Gasteiger partial charge in [-0.2, -0.15) is 0 Å². The van der Waals surface area contributed by atoms with Crippen LogP contribution in [0, 0.1) is 0 Å². The van der Waals surface area contributed by atoms with E-state index in [1.54, 1.807) is 0 Å². The zero-order chi connectivity index (χ0) is 24.1. The maximum absolute atomic E-state index is 11.9. The Morgan fingerprint density at radius 2 is 1.52 bits per heavy atom. The highest BCUT2D eigenvalue weighted by molar-refractivity contribution is 7.99. The Morgan fingerprint density at radius 3 is 2.12 bits per heavy atom. The highest BCUT2D eigenvalue weighted by Gasteiger charge is 2.52. The van der Waals surface area contributed by atoms with Gasteiger partial charge in [-0.3, -0.25) is 19.2 Å². The zero-order valence-electron chi connectivity index (χ0n) is 18.4. The van der Waals surface area contributed by atoms with E-state index < -0.39 is 53.7 Å². The molecule has 3 rings (SSSR count). The number of nitrogens with zero attached hydrogens (tertiary/aromatic N) is 1. The SMILES string of the molecule is CC(=O)OC[C@@H]1O[C@H](Sc2nc3ccccc3[nH]2)[C@H](OC(C)=O)[C@@H](OC(C)=O)[C@@H]1OC(C)=O. The van der Waals surface area contributed by atoms with Crippen LogP contribution in [-0.2, 0) is 42.9 Å². The molecule has 1 fully saturated rings. The van der Waals surface area contributed by atoms with Crippen LogP contribution in [-0.4, -0.2) is 70.3 Å². The standard InChI is InChI=1S/C21H24N2O9S/c1-10(24)28-9-16-17(29-11(2)25)18(30-12(3)26)19(31-13(4)27)20(32-16)33-21-22-14-7-5-6-8-15(14)23-21/h5-8,16-20H,9H2,1-4H3,(H,22,23)/t16-,17+,18-,19+,20+/m0/s1. The molecule has 1 aromatic heterocycles. The molecule has 12 heteroatoms. The molecule has 1 saturated heterocycles. The number of aromatic amines is 1. The number of carbonyl (C=O) groups excluding carboxylic acids is 4. The molecule has 0 bridgehead atoms. The fourth-order valence-corrected chi connectivity index (χ4v) is 4.46. The fraction of sp³-hybridized carbons (Fsp3) is 0.476. The second-order valence-corrected chi connectivity index (χ2v) is 8.33. The van der Waals surface area contributed by atoms with Crippen molar-refractivity contribution in [2.45, 2.75) is 62.7 Å². The van der Waals surface area contributed by atoms with Crippen molar-refractivity contribution in [3.8, 4) is 0 Å². The number of carbonyl (C=O) groups is 4. The Morgan fingerprint density at radius 1 is 0.909 bits per heavy atom. The third kappa shape index (κ3) is 6.45. The van der Waals surface area contributed by atoms with Crippen LogP contribution in [0.25, 0.3) is 11.0 Å². The smallest absolute Gasteiger partial charge is 0.303 e. The summed E-state index contributed by atoms with van der Waals surface area (Å²) in [5, 5.41) is 0.456.